The minimum atomic E-state index is -4.74. The van der Waals surface area contributed by atoms with Gasteiger partial charge in [-0.3, -0.25) is 9.79 Å². The van der Waals surface area contributed by atoms with Gasteiger partial charge >= 0.3 is 7.82 Å². The van der Waals surface area contributed by atoms with E-state index in [1.807, 2.05) is 30.3 Å². The Morgan fingerprint density at radius 1 is 0.919 bits per heavy atom. The molecule has 2 N–H and O–H groups in total. The molecular formula is C29H29O7P. The molecule has 1 saturated heterocycles. The van der Waals surface area contributed by atoms with Crippen LogP contribution in [0, 0.1) is 11.8 Å². The molecule has 1 saturated carbocycles. The Morgan fingerprint density at radius 3 is 2.30 bits per heavy atom. The highest BCUT2D eigenvalue weighted by Crippen LogP contribution is 2.68. The van der Waals surface area contributed by atoms with E-state index in [1.54, 1.807) is 19.2 Å². The van der Waals surface area contributed by atoms with Crippen LogP contribution in [0.5, 0.6) is 5.75 Å². The molecule has 1 aliphatic heterocycles. The average Bonchev–Trinajstić information content (AvgIpc) is 2.89. The van der Waals surface area contributed by atoms with E-state index in [9.17, 15) is 14.4 Å². The van der Waals surface area contributed by atoms with E-state index < -0.39 is 19.2 Å². The van der Waals surface area contributed by atoms with Crippen LogP contribution in [0.4, 0.5) is 0 Å². The second kappa shape index (κ2) is 9.21. The highest BCUT2D eigenvalue weighted by molar-refractivity contribution is 7.46. The Labute approximate surface area is 215 Å². The lowest BCUT2D eigenvalue weighted by Gasteiger charge is -2.65. The summed E-state index contributed by atoms with van der Waals surface area (Å²) in [5.41, 5.74) is 3.25. The zero-order valence-electron chi connectivity index (χ0n) is 20.4. The molecule has 0 radical (unpaired) electrons. The standard InChI is InChI=1S/C29H29O7P/c1-33-29(22-14-8-15-23(18-22)34-37(30,31)32)28(35-36-29)26-16-9-17-27(28)25(21-12-6-3-7-13-21)19-24(26)20-10-4-2-5-11-20/h2-8,10-15,18-19,24,26-27H,9,16-17H2,1H3,(H2,30,31,32). The fourth-order valence-corrected chi connectivity index (χ4v) is 7.09. The number of rotatable bonds is 6. The lowest BCUT2D eigenvalue weighted by molar-refractivity contribution is -0.638. The van der Waals surface area contributed by atoms with Gasteiger partial charge in [-0.15, -0.1) is 0 Å². The van der Waals surface area contributed by atoms with E-state index in [0.29, 0.717) is 5.56 Å². The number of phosphoric acid groups is 1. The molecule has 5 atom stereocenters. The SMILES string of the molecule is COC1(c2cccc(OP(=O)(O)O)c2)OOC12C1CCCC2C(c2ccccc2)C=C1c1ccccc1. The maximum Gasteiger partial charge on any atom is 0.524 e. The average molecular weight is 521 g/mol. The van der Waals surface area contributed by atoms with Crippen LogP contribution in [0.2, 0.25) is 0 Å². The fraction of sp³-hybridized carbons (Fsp3) is 0.310. The Bertz CT molecular complexity index is 1350. The maximum absolute atomic E-state index is 11.5. The molecule has 2 bridgehead atoms. The molecule has 7 nitrogen and oxygen atoms in total. The van der Waals surface area contributed by atoms with Gasteiger partial charge in [-0.1, -0.05) is 85.3 Å². The summed E-state index contributed by atoms with van der Waals surface area (Å²) in [6.45, 7) is 0. The highest BCUT2D eigenvalue weighted by atomic mass is 31.2. The monoisotopic (exact) mass is 520 g/mol. The normalized spacial score (nSPS) is 30.9. The molecule has 37 heavy (non-hydrogen) atoms. The van der Waals surface area contributed by atoms with Gasteiger partial charge in [-0.2, -0.15) is 4.89 Å². The van der Waals surface area contributed by atoms with Crippen molar-refractivity contribution < 1.29 is 33.4 Å². The predicted molar refractivity (Wildman–Crippen MR) is 137 cm³/mol. The predicted octanol–water partition coefficient (Wildman–Crippen LogP) is 5.96. The van der Waals surface area contributed by atoms with Gasteiger partial charge in [0.05, 0.1) is 0 Å². The third kappa shape index (κ3) is 3.89. The number of phosphoric ester groups is 1. The van der Waals surface area contributed by atoms with Crippen LogP contribution in [0.1, 0.15) is 41.9 Å². The van der Waals surface area contributed by atoms with Gasteiger partial charge in [0, 0.05) is 30.4 Å². The van der Waals surface area contributed by atoms with Crippen molar-refractivity contribution in [3.63, 3.8) is 0 Å². The second-order valence-corrected chi connectivity index (χ2v) is 11.1. The van der Waals surface area contributed by atoms with E-state index in [1.165, 1.54) is 17.2 Å². The second-order valence-electron chi connectivity index (χ2n) is 9.90. The Balaban J connectivity index is 1.54. The molecule has 1 heterocycles. The largest absolute Gasteiger partial charge is 0.524 e. The van der Waals surface area contributed by atoms with Gasteiger partial charge in [0.1, 0.15) is 5.75 Å². The molecule has 192 valence electrons. The first-order chi connectivity index (χ1) is 17.9. The molecule has 1 spiro atoms. The number of hydrogen-bond acceptors (Lipinski definition) is 5. The Morgan fingerprint density at radius 2 is 1.65 bits per heavy atom. The third-order valence-electron chi connectivity index (χ3n) is 8.07. The summed E-state index contributed by atoms with van der Waals surface area (Å²) < 4.78 is 22.7. The van der Waals surface area contributed by atoms with E-state index in [4.69, 9.17) is 19.0 Å². The quantitative estimate of drug-likeness (QED) is 0.306. The van der Waals surface area contributed by atoms with Crippen molar-refractivity contribution in [2.45, 2.75) is 36.6 Å². The Kier molecular flexibility index (Phi) is 6.11. The fourth-order valence-electron chi connectivity index (χ4n) is 6.71. The number of hydrogen-bond donors (Lipinski definition) is 2. The molecule has 5 unspecified atom stereocenters. The van der Waals surface area contributed by atoms with Gasteiger partial charge in [-0.25, -0.2) is 9.45 Å². The van der Waals surface area contributed by atoms with Crippen LogP contribution < -0.4 is 4.52 Å². The van der Waals surface area contributed by atoms with Crippen LogP contribution in [0.3, 0.4) is 0 Å². The first-order valence-electron chi connectivity index (χ1n) is 12.5. The number of allylic oxidation sites excluding steroid dienone is 1. The number of ether oxygens (including phenoxy) is 1. The van der Waals surface area contributed by atoms with Crippen molar-refractivity contribution in [2.24, 2.45) is 11.8 Å². The van der Waals surface area contributed by atoms with E-state index >= 15 is 0 Å². The summed E-state index contributed by atoms with van der Waals surface area (Å²) in [6.07, 6.45) is 5.24. The van der Waals surface area contributed by atoms with E-state index in [0.717, 1.165) is 24.8 Å². The minimum Gasteiger partial charge on any atom is -0.404 e. The first-order valence-corrected chi connectivity index (χ1v) is 14.0. The Hall–Kier alpha value is -2.77. The molecule has 3 aliphatic rings. The molecule has 0 amide bonds. The van der Waals surface area contributed by atoms with Crippen LogP contribution >= 0.6 is 7.82 Å². The third-order valence-corrected chi connectivity index (χ3v) is 8.52. The lowest BCUT2D eigenvalue weighted by Crippen LogP contribution is -2.75. The highest BCUT2D eigenvalue weighted by Gasteiger charge is 2.76. The summed E-state index contributed by atoms with van der Waals surface area (Å²) in [5, 5.41) is 0. The number of benzene rings is 3. The van der Waals surface area contributed by atoms with Crippen molar-refractivity contribution in [3.8, 4) is 5.75 Å². The molecule has 0 aromatic heterocycles. The van der Waals surface area contributed by atoms with Crippen LogP contribution in [-0.4, -0.2) is 22.5 Å². The van der Waals surface area contributed by atoms with Crippen LogP contribution in [0.25, 0.3) is 5.57 Å². The van der Waals surface area contributed by atoms with Crippen LogP contribution in [0.15, 0.2) is 91.0 Å². The summed E-state index contributed by atoms with van der Waals surface area (Å²) in [6, 6.07) is 27.3. The maximum atomic E-state index is 11.5. The van der Waals surface area contributed by atoms with Crippen molar-refractivity contribution in [1.82, 2.24) is 0 Å². The summed E-state index contributed by atoms with van der Waals surface area (Å²) in [7, 11) is -3.15. The molecule has 6 rings (SSSR count). The van der Waals surface area contributed by atoms with Crippen LogP contribution in [-0.2, 0) is 24.9 Å². The molecule has 3 aromatic rings. The van der Waals surface area contributed by atoms with Crippen molar-refractivity contribution in [3.05, 3.63) is 108 Å². The van der Waals surface area contributed by atoms with Gasteiger partial charge in [0.25, 0.3) is 5.79 Å². The molecule has 2 aliphatic carbocycles. The minimum absolute atomic E-state index is 0.0198. The van der Waals surface area contributed by atoms with Gasteiger partial charge < -0.3 is 9.26 Å². The molecule has 8 heteroatoms. The van der Waals surface area contributed by atoms with E-state index in [-0.39, 0.29) is 23.5 Å². The lowest BCUT2D eigenvalue weighted by atomic mass is 9.52. The summed E-state index contributed by atoms with van der Waals surface area (Å²) >= 11 is 0. The molecule has 3 aromatic carbocycles. The molecule has 2 fully saturated rings. The van der Waals surface area contributed by atoms with Crippen molar-refractivity contribution in [1.29, 1.82) is 0 Å². The molecular weight excluding hydrogens is 491 g/mol. The summed E-state index contributed by atoms with van der Waals surface area (Å²) in [4.78, 5) is 31.0. The van der Waals surface area contributed by atoms with Crippen molar-refractivity contribution >= 4 is 13.4 Å². The van der Waals surface area contributed by atoms with Gasteiger partial charge in [-0.05, 0) is 41.7 Å². The van der Waals surface area contributed by atoms with Gasteiger partial charge in [0.15, 0.2) is 5.60 Å². The zero-order valence-corrected chi connectivity index (χ0v) is 21.3. The van der Waals surface area contributed by atoms with Crippen molar-refractivity contribution in [2.75, 3.05) is 7.11 Å². The summed E-state index contributed by atoms with van der Waals surface area (Å²) in [5.74, 6) is -1.18. The smallest absolute Gasteiger partial charge is 0.404 e. The zero-order chi connectivity index (χ0) is 25.7. The topological polar surface area (TPSA) is 94.5 Å². The first kappa shape index (κ1) is 24.6. The number of methoxy groups -OCH3 is 1. The van der Waals surface area contributed by atoms with Gasteiger partial charge in [0.2, 0.25) is 0 Å². The van der Waals surface area contributed by atoms with E-state index in [2.05, 4.69) is 42.5 Å².